The van der Waals surface area contributed by atoms with Crippen LogP contribution in [-0.4, -0.2) is 5.91 Å². The minimum atomic E-state index is -0.581. The summed E-state index contributed by atoms with van der Waals surface area (Å²) in [5.74, 6) is -1.59. The van der Waals surface area contributed by atoms with E-state index in [0.717, 1.165) is 18.2 Å². The number of nitrogens with zero attached hydrogens (tertiary/aromatic N) is 1. The van der Waals surface area contributed by atoms with E-state index in [1.165, 1.54) is 19.1 Å². The third kappa shape index (κ3) is 3.26. The first-order valence-corrected chi connectivity index (χ1v) is 6.68. The van der Waals surface area contributed by atoms with Crippen molar-refractivity contribution in [2.75, 3.05) is 5.32 Å². The third-order valence-corrected chi connectivity index (χ3v) is 3.55. The SMILES string of the molecule is Cc1c(F)cc(C#N)cc1NC(=O)c1ccc(F)cc1Br. The maximum Gasteiger partial charge on any atom is 0.256 e. The standard InChI is InChI=1S/C15H9BrF2N2O/c1-8-13(18)4-9(7-19)5-14(8)20-15(21)11-3-2-10(17)6-12(11)16/h2-6H,1H3,(H,20,21). The van der Waals surface area contributed by atoms with E-state index in [2.05, 4.69) is 21.2 Å². The average Bonchev–Trinajstić information content (AvgIpc) is 2.43. The van der Waals surface area contributed by atoms with Gasteiger partial charge >= 0.3 is 0 Å². The smallest absolute Gasteiger partial charge is 0.256 e. The zero-order chi connectivity index (χ0) is 15.6. The molecule has 0 radical (unpaired) electrons. The van der Waals surface area contributed by atoms with Crippen molar-refractivity contribution in [3.63, 3.8) is 0 Å². The van der Waals surface area contributed by atoms with Gasteiger partial charge in [-0.3, -0.25) is 4.79 Å². The van der Waals surface area contributed by atoms with Crippen LogP contribution in [-0.2, 0) is 0 Å². The Morgan fingerprint density at radius 1 is 1.29 bits per heavy atom. The maximum absolute atomic E-state index is 13.7. The summed E-state index contributed by atoms with van der Waals surface area (Å²) in [6, 6.07) is 7.92. The molecule has 2 aromatic rings. The highest BCUT2D eigenvalue weighted by Crippen LogP contribution is 2.23. The van der Waals surface area contributed by atoms with Gasteiger partial charge in [0.1, 0.15) is 11.6 Å². The number of carbonyl (C=O) groups excluding carboxylic acids is 1. The number of nitriles is 1. The molecule has 6 heteroatoms. The van der Waals surface area contributed by atoms with Gasteiger partial charge in [-0.25, -0.2) is 8.78 Å². The van der Waals surface area contributed by atoms with E-state index in [9.17, 15) is 13.6 Å². The van der Waals surface area contributed by atoms with Crippen molar-refractivity contribution in [3.8, 4) is 6.07 Å². The van der Waals surface area contributed by atoms with Crippen LogP contribution in [0.3, 0.4) is 0 Å². The first kappa shape index (κ1) is 15.1. The number of rotatable bonds is 2. The lowest BCUT2D eigenvalue weighted by molar-refractivity contribution is 0.102. The van der Waals surface area contributed by atoms with Gasteiger partial charge in [0, 0.05) is 15.7 Å². The summed E-state index contributed by atoms with van der Waals surface area (Å²) in [7, 11) is 0. The van der Waals surface area contributed by atoms with Crippen LogP contribution in [0.1, 0.15) is 21.5 Å². The summed E-state index contributed by atoms with van der Waals surface area (Å²) in [6.45, 7) is 1.49. The van der Waals surface area contributed by atoms with E-state index in [1.54, 1.807) is 0 Å². The highest BCUT2D eigenvalue weighted by molar-refractivity contribution is 9.10. The third-order valence-electron chi connectivity index (χ3n) is 2.90. The highest BCUT2D eigenvalue weighted by Gasteiger charge is 2.14. The zero-order valence-electron chi connectivity index (χ0n) is 10.9. The van der Waals surface area contributed by atoms with Crippen molar-refractivity contribution in [3.05, 3.63) is 63.1 Å². The largest absolute Gasteiger partial charge is 0.322 e. The normalized spacial score (nSPS) is 10.0. The van der Waals surface area contributed by atoms with Gasteiger partial charge in [0.15, 0.2) is 0 Å². The molecule has 2 aromatic carbocycles. The Morgan fingerprint density at radius 2 is 2.00 bits per heavy atom. The van der Waals surface area contributed by atoms with Gasteiger partial charge < -0.3 is 5.32 Å². The maximum atomic E-state index is 13.7. The van der Waals surface area contributed by atoms with Crippen LogP contribution < -0.4 is 5.32 Å². The summed E-state index contributed by atoms with van der Waals surface area (Å²) in [5, 5.41) is 11.3. The fraction of sp³-hybridized carbons (Fsp3) is 0.0667. The van der Waals surface area contributed by atoms with Crippen LogP contribution >= 0.6 is 15.9 Å². The summed E-state index contributed by atoms with van der Waals surface area (Å²) < 4.78 is 26.9. The fourth-order valence-corrected chi connectivity index (χ4v) is 2.27. The highest BCUT2D eigenvalue weighted by atomic mass is 79.9. The van der Waals surface area contributed by atoms with Gasteiger partial charge in [-0.05, 0) is 53.2 Å². The molecule has 0 fully saturated rings. The van der Waals surface area contributed by atoms with Crippen LogP contribution in [0.4, 0.5) is 14.5 Å². The lowest BCUT2D eigenvalue weighted by Crippen LogP contribution is -2.14. The minimum Gasteiger partial charge on any atom is -0.322 e. The summed E-state index contributed by atoms with van der Waals surface area (Å²) in [6.07, 6.45) is 0. The first-order valence-electron chi connectivity index (χ1n) is 5.89. The molecule has 0 spiro atoms. The quantitative estimate of drug-likeness (QED) is 0.883. The molecule has 0 aromatic heterocycles. The number of benzene rings is 2. The number of carbonyl (C=O) groups is 1. The van der Waals surface area contributed by atoms with Crippen molar-refractivity contribution in [2.24, 2.45) is 0 Å². The number of hydrogen-bond donors (Lipinski definition) is 1. The van der Waals surface area contributed by atoms with Crippen LogP contribution in [0.25, 0.3) is 0 Å². The summed E-state index contributed by atoms with van der Waals surface area (Å²) in [5.41, 5.74) is 0.735. The molecule has 2 rings (SSSR count). The second kappa shape index (κ2) is 6.02. The molecular weight excluding hydrogens is 342 g/mol. The Hall–Kier alpha value is -2.26. The Morgan fingerprint density at radius 3 is 2.62 bits per heavy atom. The molecule has 3 nitrogen and oxygen atoms in total. The lowest BCUT2D eigenvalue weighted by atomic mass is 10.1. The van der Waals surface area contributed by atoms with Crippen LogP contribution in [0.5, 0.6) is 0 Å². The van der Waals surface area contributed by atoms with Gasteiger partial charge in [0.2, 0.25) is 0 Å². The first-order chi connectivity index (χ1) is 9.92. The lowest BCUT2D eigenvalue weighted by Gasteiger charge is -2.10. The van der Waals surface area contributed by atoms with Gasteiger partial charge in [0.05, 0.1) is 17.2 Å². The van der Waals surface area contributed by atoms with Crippen molar-refractivity contribution in [2.45, 2.75) is 6.92 Å². The Balaban J connectivity index is 2.36. The molecule has 0 aliphatic heterocycles. The molecule has 1 N–H and O–H groups in total. The molecule has 0 atom stereocenters. The monoisotopic (exact) mass is 350 g/mol. The van der Waals surface area contributed by atoms with Crippen LogP contribution in [0.15, 0.2) is 34.8 Å². The van der Waals surface area contributed by atoms with E-state index in [1.807, 2.05) is 6.07 Å². The number of nitrogens with one attached hydrogen (secondary N) is 1. The van der Waals surface area contributed by atoms with Crippen molar-refractivity contribution < 1.29 is 13.6 Å². The average molecular weight is 351 g/mol. The van der Waals surface area contributed by atoms with E-state index in [4.69, 9.17) is 5.26 Å². The molecule has 106 valence electrons. The fourth-order valence-electron chi connectivity index (χ4n) is 1.74. The topological polar surface area (TPSA) is 52.9 Å². The predicted octanol–water partition coefficient (Wildman–Crippen LogP) is 4.16. The van der Waals surface area contributed by atoms with Gasteiger partial charge in [-0.2, -0.15) is 5.26 Å². The Bertz CT molecular complexity index is 769. The van der Waals surface area contributed by atoms with E-state index < -0.39 is 17.5 Å². The molecule has 0 bridgehead atoms. The Kier molecular flexibility index (Phi) is 4.34. The molecule has 0 saturated heterocycles. The molecule has 0 saturated carbocycles. The second-order valence-corrected chi connectivity index (χ2v) is 5.18. The van der Waals surface area contributed by atoms with Gasteiger partial charge in [-0.15, -0.1) is 0 Å². The summed E-state index contributed by atoms with van der Waals surface area (Å²) >= 11 is 3.09. The number of anilines is 1. The van der Waals surface area contributed by atoms with Gasteiger partial charge in [0.25, 0.3) is 5.91 Å². The van der Waals surface area contributed by atoms with Crippen LogP contribution in [0, 0.1) is 29.9 Å². The zero-order valence-corrected chi connectivity index (χ0v) is 12.5. The predicted molar refractivity (Wildman–Crippen MR) is 77.9 cm³/mol. The van der Waals surface area contributed by atoms with Crippen molar-refractivity contribution >= 4 is 27.5 Å². The second-order valence-electron chi connectivity index (χ2n) is 4.32. The molecule has 21 heavy (non-hydrogen) atoms. The molecule has 0 aliphatic rings. The molecule has 1 amide bonds. The van der Waals surface area contributed by atoms with Gasteiger partial charge in [-0.1, -0.05) is 0 Å². The number of amides is 1. The van der Waals surface area contributed by atoms with E-state index in [0.29, 0.717) is 0 Å². The molecule has 0 aliphatic carbocycles. The van der Waals surface area contributed by atoms with Crippen LogP contribution in [0.2, 0.25) is 0 Å². The van der Waals surface area contributed by atoms with Crippen molar-refractivity contribution in [1.29, 1.82) is 5.26 Å². The van der Waals surface area contributed by atoms with Crippen molar-refractivity contribution in [1.82, 2.24) is 0 Å². The number of halogens is 3. The summed E-state index contributed by atoms with van der Waals surface area (Å²) in [4.78, 5) is 12.1. The van der Waals surface area contributed by atoms with E-state index >= 15 is 0 Å². The molecule has 0 heterocycles. The number of hydrogen-bond acceptors (Lipinski definition) is 2. The minimum absolute atomic E-state index is 0.103. The van der Waals surface area contributed by atoms with E-state index in [-0.39, 0.29) is 26.9 Å². The molecule has 0 unspecified atom stereocenters. The Labute approximate surface area is 128 Å². The molecular formula is C15H9BrF2N2O.